The van der Waals surface area contributed by atoms with Crippen LogP contribution in [0.1, 0.15) is 30.3 Å². The van der Waals surface area contributed by atoms with Gasteiger partial charge in [-0.15, -0.1) is 0 Å². The summed E-state index contributed by atoms with van der Waals surface area (Å²) in [6.45, 7) is 2.22. The Balaban J connectivity index is 2.10. The summed E-state index contributed by atoms with van der Waals surface area (Å²) in [6.07, 6.45) is 1.03. The van der Waals surface area contributed by atoms with Gasteiger partial charge in [-0.05, 0) is 24.6 Å². The molecule has 1 aromatic heterocycles. The highest BCUT2D eigenvalue weighted by molar-refractivity contribution is 6.31. The Hall–Kier alpha value is -1.65. The van der Waals surface area contributed by atoms with Gasteiger partial charge < -0.3 is 10.4 Å². The fourth-order valence-corrected chi connectivity index (χ4v) is 2.12. The number of nitrogens with one attached hydrogen (secondary N) is 1. The molecule has 0 aliphatic rings. The summed E-state index contributed by atoms with van der Waals surface area (Å²) in [5, 5.41) is 13.8. The minimum absolute atomic E-state index is 0.238. The summed E-state index contributed by atoms with van der Waals surface area (Å²) < 4.78 is 0. The Kier molecular flexibility index (Phi) is 4.93. The molecule has 20 heavy (non-hydrogen) atoms. The van der Waals surface area contributed by atoms with Crippen LogP contribution in [0, 0.1) is 0 Å². The molecule has 0 aliphatic heterocycles. The Bertz CT molecular complexity index is 616. The molecule has 5 heteroatoms. The molecule has 0 saturated heterocycles. The monoisotopic (exact) mass is 292 g/mol. The van der Waals surface area contributed by atoms with Crippen LogP contribution < -0.4 is 5.32 Å². The number of carbonyl (C=O) groups excluding carboxylic acids is 1. The van der Waals surface area contributed by atoms with Crippen molar-refractivity contribution in [2.24, 2.45) is 0 Å². The van der Waals surface area contributed by atoms with Crippen LogP contribution in [0.25, 0.3) is 10.9 Å². The lowest BCUT2D eigenvalue weighted by molar-refractivity contribution is 0.0905. The van der Waals surface area contributed by atoms with Gasteiger partial charge in [-0.2, -0.15) is 0 Å². The summed E-state index contributed by atoms with van der Waals surface area (Å²) in [4.78, 5) is 16.2. The molecule has 0 radical (unpaired) electrons. The van der Waals surface area contributed by atoms with Crippen LogP contribution in [-0.2, 0) is 0 Å². The number of aliphatic hydroxyl groups excluding tert-OH is 1. The highest BCUT2D eigenvalue weighted by atomic mass is 35.5. The Morgan fingerprint density at radius 3 is 2.90 bits per heavy atom. The van der Waals surface area contributed by atoms with Crippen molar-refractivity contribution in [2.45, 2.75) is 25.9 Å². The van der Waals surface area contributed by atoms with E-state index in [1.165, 1.54) is 0 Å². The first-order valence-corrected chi connectivity index (χ1v) is 7.00. The third-order valence-corrected chi connectivity index (χ3v) is 3.24. The van der Waals surface area contributed by atoms with Crippen LogP contribution in [0.2, 0.25) is 5.02 Å². The number of aromatic nitrogens is 1. The zero-order chi connectivity index (χ0) is 14.5. The highest BCUT2D eigenvalue weighted by Gasteiger charge is 2.10. The second kappa shape index (κ2) is 6.68. The van der Waals surface area contributed by atoms with Crippen molar-refractivity contribution in [1.82, 2.24) is 10.3 Å². The molecule has 1 unspecified atom stereocenters. The largest absolute Gasteiger partial charge is 0.391 e. The van der Waals surface area contributed by atoms with Gasteiger partial charge in [0.25, 0.3) is 5.91 Å². The van der Waals surface area contributed by atoms with Crippen LogP contribution in [0.5, 0.6) is 0 Å². The maximum absolute atomic E-state index is 12.0. The Labute approximate surface area is 122 Å². The van der Waals surface area contributed by atoms with Gasteiger partial charge in [0.2, 0.25) is 0 Å². The highest BCUT2D eigenvalue weighted by Crippen LogP contribution is 2.17. The summed E-state index contributed by atoms with van der Waals surface area (Å²) >= 11 is 5.91. The summed E-state index contributed by atoms with van der Waals surface area (Å²) in [5.74, 6) is -0.290. The first-order valence-electron chi connectivity index (χ1n) is 6.62. The number of rotatable bonds is 5. The predicted octanol–water partition coefficient (Wildman–Crippen LogP) is 2.78. The van der Waals surface area contributed by atoms with E-state index < -0.39 is 6.10 Å². The lowest BCUT2D eigenvalue weighted by Crippen LogP contribution is -2.32. The van der Waals surface area contributed by atoms with Crippen LogP contribution in [-0.4, -0.2) is 28.6 Å². The average molecular weight is 293 g/mol. The smallest absolute Gasteiger partial charge is 0.269 e. The zero-order valence-corrected chi connectivity index (χ0v) is 12.0. The first-order chi connectivity index (χ1) is 9.60. The van der Waals surface area contributed by atoms with Gasteiger partial charge in [0.05, 0.1) is 11.6 Å². The molecular weight excluding hydrogens is 276 g/mol. The summed E-state index contributed by atoms with van der Waals surface area (Å²) in [6, 6.07) is 8.86. The van der Waals surface area contributed by atoms with Crippen LogP contribution in [0.15, 0.2) is 30.3 Å². The van der Waals surface area contributed by atoms with Crippen molar-refractivity contribution < 1.29 is 9.90 Å². The van der Waals surface area contributed by atoms with E-state index in [0.29, 0.717) is 22.7 Å². The predicted molar refractivity (Wildman–Crippen MR) is 80.0 cm³/mol. The molecule has 1 atom stereocenters. The third kappa shape index (κ3) is 3.68. The molecule has 2 rings (SSSR count). The number of aliphatic hydroxyl groups is 1. The van der Waals surface area contributed by atoms with Crippen molar-refractivity contribution >= 4 is 28.4 Å². The number of hydrogen-bond donors (Lipinski definition) is 2. The van der Waals surface area contributed by atoms with Crippen molar-refractivity contribution in [3.63, 3.8) is 0 Å². The zero-order valence-electron chi connectivity index (χ0n) is 11.3. The van der Waals surface area contributed by atoms with Crippen LogP contribution in [0.4, 0.5) is 0 Å². The van der Waals surface area contributed by atoms with E-state index in [1.807, 2.05) is 19.1 Å². The molecule has 0 fully saturated rings. The van der Waals surface area contributed by atoms with E-state index in [4.69, 9.17) is 11.6 Å². The van der Waals surface area contributed by atoms with E-state index in [2.05, 4.69) is 10.3 Å². The third-order valence-electron chi connectivity index (χ3n) is 3.01. The number of hydrogen-bond acceptors (Lipinski definition) is 3. The minimum Gasteiger partial charge on any atom is -0.391 e. The van der Waals surface area contributed by atoms with Crippen LogP contribution >= 0.6 is 11.6 Å². The van der Waals surface area contributed by atoms with E-state index in [-0.39, 0.29) is 12.5 Å². The lowest BCUT2D eigenvalue weighted by Gasteiger charge is -2.10. The number of fused-ring (bicyclic) bond motifs is 1. The molecule has 4 nitrogen and oxygen atoms in total. The molecule has 1 heterocycles. The molecule has 106 valence electrons. The normalized spacial score (nSPS) is 12.3. The van der Waals surface area contributed by atoms with E-state index in [0.717, 1.165) is 11.8 Å². The van der Waals surface area contributed by atoms with Gasteiger partial charge in [0.15, 0.2) is 0 Å². The van der Waals surface area contributed by atoms with Crippen molar-refractivity contribution in [2.75, 3.05) is 6.54 Å². The van der Waals surface area contributed by atoms with E-state index in [1.54, 1.807) is 18.2 Å². The number of benzene rings is 1. The van der Waals surface area contributed by atoms with Gasteiger partial charge >= 0.3 is 0 Å². The Morgan fingerprint density at radius 2 is 2.15 bits per heavy atom. The second-order valence-corrected chi connectivity index (χ2v) is 5.12. The van der Waals surface area contributed by atoms with Gasteiger partial charge in [-0.1, -0.05) is 37.1 Å². The number of nitrogens with zero attached hydrogens (tertiary/aromatic N) is 1. The molecular formula is C15H17ClN2O2. The Morgan fingerprint density at radius 1 is 1.40 bits per heavy atom. The van der Waals surface area contributed by atoms with Gasteiger partial charge in [0, 0.05) is 17.0 Å². The number of carbonyl (C=O) groups is 1. The second-order valence-electron chi connectivity index (χ2n) is 4.69. The molecule has 0 saturated carbocycles. The fourth-order valence-electron chi connectivity index (χ4n) is 1.95. The number of pyridine rings is 1. The number of amides is 1. The van der Waals surface area contributed by atoms with Crippen molar-refractivity contribution in [3.8, 4) is 0 Å². The quantitative estimate of drug-likeness (QED) is 0.891. The fraction of sp³-hybridized carbons (Fsp3) is 0.333. The van der Waals surface area contributed by atoms with Crippen LogP contribution in [0.3, 0.4) is 0 Å². The molecule has 2 N–H and O–H groups in total. The standard InChI is InChI=1S/C15H17ClN2O2/c1-2-3-12(19)9-17-15(20)13-7-5-10-4-6-11(16)8-14(10)18-13/h4-8,12,19H,2-3,9H2,1H3,(H,17,20). The average Bonchev–Trinajstić information content (AvgIpc) is 2.44. The van der Waals surface area contributed by atoms with E-state index in [9.17, 15) is 9.90 Å². The first kappa shape index (κ1) is 14.8. The molecule has 0 bridgehead atoms. The maximum Gasteiger partial charge on any atom is 0.269 e. The lowest BCUT2D eigenvalue weighted by atomic mass is 10.2. The molecule has 1 amide bonds. The molecule has 2 aromatic rings. The van der Waals surface area contributed by atoms with Gasteiger partial charge in [0.1, 0.15) is 5.69 Å². The topological polar surface area (TPSA) is 62.2 Å². The van der Waals surface area contributed by atoms with Gasteiger partial charge in [-0.25, -0.2) is 4.98 Å². The van der Waals surface area contributed by atoms with E-state index >= 15 is 0 Å². The minimum atomic E-state index is -0.515. The molecule has 0 aliphatic carbocycles. The van der Waals surface area contributed by atoms with Crippen molar-refractivity contribution in [3.05, 3.63) is 41.0 Å². The SMILES string of the molecule is CCCC(O)CNC(=O)c1ccc2ccc(Cl)cc2n1. The van der Waals surface area contributed by atoms with Gasteiger partial charge in [-0.3, -0.25) is 4.79 Å². The summed E-state index contributed by atoms with van der Waals surface area (Å²) in [7, 11) is 0. The molecule has 1 aromatic carbocycles. The summed E-state index contributed by atoms with van der Waals surface area (Å²) in [5.41, 5.74) is 1.00. The molecule has 0 spiro atoms. The maximum atomic E-state index is 12.0. The van der Waals surface area contributed by atoms with Crippen molar-refractivity contribution in [1.29, 1.82) is 0 Å². The number of halogens is 1.